The monoisotopic (exact) mass is 300 g/mol. The number of nitro benzene ring substituents is 1. The third kappa shape index (κ3) is 3.24. The molecular formula is C11H16N4O4S. The van der Waals surface area contributed by atoms with E-state index in [0.29, 0.717) is 13.1 Å². The molecule has 1 fully saturated rings. The molecule has 0 radical (unpaired) electrons. The lowest BCUT2D eigenvalue weighted by Crippen LogP contribution is -2.45. The van der Waals surface area contributed by atoms with Gasteiger partial charge in [0.15, 0.2) is 0 Å². The smallest absolute Gasteiger partial charge is 0.271 e. The molecule has 1 aromatic rings. The minimum Gasteiger partial charge on any atom is -0.397 e. The Balaban J connectivity index is 2.22. The van der Waals surface area contributed by atoms with Gasteiger partial charge in [0.05, 0.1) is 10.6 Å². The second-order valence-corrected chi connectivity index (χ2v) is 6.25. The van der Waals surface area contributed by atoms with Gasteiger partial charge < -0.3 is 5.73 Å². The molecule has 0 atom stereocenters. The fraction of sp³-hybridized carbons (Fsp3) is 0.455. The first-order valence-electron chi connectivity index (χ1n) is 6.21. The minimum absolute atomic E-state index is 0.135. The van der Waals surface area contributed by atoms with E-state index >= 15 is 0 Å². The number of nitro groups is 1. The Morgan fingerprint density at radius 3 is 2.45 bits per heavy atom. The van der Waals surface area contributed by atoms with Crippen LogP contribution in [-0.2, 0) is 10.0 Å². The van der Waals surface area contributed by atoms with Crippen molar-refractivity contribution >= 4 is 21.4 Å². The highest BCUT2D eigenvalue weighted by Gasteiger charge is 2.23. The quantitative estimate of drug-likeness (QED) is 0.483. The van der Waals surface area contributed by atoms with E-state index in [0.717, 1.165) is 37.5 Å². The second-order valence-electron chi connectivity index (χ2n) is 4.62. The number of rotatable bonds is 4. The number of sulfonamides is 1. The highest BCUT2D eigenvalue weighted by atomic mass is 32.2. The number of piperidine rings is 1. The summed E-state index contributed by atoms with van der Waals surface area (Å²) in [5.41, 5.74) is 5.24. The summed E-state index contributed by atoms with van der Waals surface area (Å²) in [5, 5.41) is 12.2. The van der Waals surface area contributed by atoms with Crippen LogP contribution in [0.15, 0.2) is 23.1 Å². The fourth-order valence-electron chi connectivity index (χ4n) is 2.10. The maximum atomic E-state index is 12.2. The molecule has 1 aromatic carbocycles. The molecule has 0 saturated carbocycles. The molecule has 1 aliphatic rings. The van der Waals surface area contributed by atoms with Gasteiger partial charge >= 0.3 is 0 Å². The third-order valence-electron chi connectivity index (χ3n) is 3.10. The van der Waals surface area contributed by atoms with Gasteiger partial charge in [-0.1, -0.05) is 6.42 Å². The summed E-state index contributed by atoms with van der Waals surface area (Å²) in [4.78, 5) is 12.3. The number of nitrogens with two attached hydrogens (primary N) is 1. The van der Waals surface area contributed by atoms with Gasteiger partial charge in [-0.3, -0.25) is 10.1 Å². The van der Waals surface area contributed by atoms with Gasteiger partial charge in [-0.2, -0.15) is 0 Å². The van der Waals surface area contributed by atoms with Crippen molar-refractivity contribution < 1.29 is 13.3 Å². The van der Waals surface area contributed by atoms with Crippen LogP contribution in [0.25, 0.3) is 0 Å². The van der Waals surface area contributed by atoms with E-state index in [1.54, 1.807) is 5.01 Å². The van der Waals surface area contributed by atoms with Crippen LogP contribution in [0, 0.1) is 10.1 Å². The predicted molar refractivity (Wildman–Crippen MR) is 73.3 cm³/mol. The van der Waals surface area contributed by atoms with Crippen molar-refractivity contribution in [3.8, 4) is 0 Å². The largest absolute Gasteiger partial charge is 0.397 e. The maximum Gasteiger partial charge on any atom is 0.271 e. The Morgan fingerprint density at radius 2 is 1.90 bits per heavy atom. The lowest BCUT2D eigenvalue weighted by Gasteiger charge is -2.26. The molecule has 1 saturated heterocycles. The van der Waals surface area contributed by atoms with Gasteiger partial charge in [0.25, 0.3) is 15.7 Å². The molecule has 8 nitrogen and oxygen atoms in total. The lowest BCUT2D eigenvalue weighted by atomic mass is 10.2. The molecule has 3 N–H and O–H groups in total. The van der Waals surface area contributed by atoms with Crippen LogP contribution in [0.1, 0.15) is 19.3 Å². The van der Waals surface area contributed by atoms with Crippen LogP contribution in [0.2, 0.25) is 0 Å². The van der Waals surface area contributed by atoms with E-state index in [9.17, 15) is 18.5 Å². The predicted octanol–water partition coefficient (Wildman–Crippen LogP) is 0.856. The van der Waals surface area contributed by atoms with Crippen molar-refractivity contribution in [2.45, 2.75) is 24.2 Å². The van der Waals surface area contributed by atoms with Crippen LogP contribution in [0.4, 0.5) is 11.4 Å². The third-order valence-corrected chi connectivity index (χ3v) is 4.55. The van der Waals surface area contributed by atoms with Crippen molar-refractivity contribution in [1.29, 1.82) is 0 Å². The highest BCUT2D eigenvalue weighted by molar-refractivity contribution is 7.89. The topological polar surface area (TPSA) is 119 Å². The molecule has 0 spiro atoms. The Morgan fingerprint density at radius 1 is 1.25 bits per heavy atom. The van der Waals surface area contributed by atoms with E-state index in [1.165, 1.54) is 0 Å². The molecular weight excluding hydrogens is 284 g/mol. The molecule has 20 heavy (non-hydrogen) atoms. The fourth-order valence-corrected chi connectivity index (χ4v) is 3.34. The zero-order chi connectivity index (χ0) is 14.8. The van der Waals surface area contributed by atoms with Crippen molar-refractivity contribution in [3.63, 3.8) is 0 Å². The lowest BCUT2D eigenvalue weighted by molar-refractivity contribution is -0.384. The molecule has 110 valence electrons. The van der Waals surface area contributed by atoms with Gasteiger partial charge in [-0.15, -0.1) is 4.83 Å². The van der Waals surface area contributed by atoms with Crippen molar-refractivity contribution in [2.75, 3.05) is 18.8 Å². The van der Waals surface area contributed by atoms with E-state index in [2.05, 4.69) is 4.83 Å². The summed E-state index contributed by atoms with van der Waals surface area (Å²) in [6.07, 6.45) is 2.94. The molecule has 0 bridgehead atoms. The van der Waals surface area contributed by atoms with Crippen molar-refractivity contribution in [3.05, 3.63) is 28.3 Å². The normalized spacial score (nSPS) is 17.0. The summed E-state index contributed by atoms with van der Waals surface area (Å²) in [7, 11) is -3.80. The summed E-state index contributed by atoms with van der Waals surface area (Å²) in [6.45, 7) is 1.29. The molecule has 0 aliphatic carbocycles. The summed E-state index contributed by atoms with van der Waals surface area (Å²) < 4.78 is 24.4. The number of nitrogens with one attached hydrogen (secondary N) is 1. The van der Waals surface area contributed by atoms with Gasteiger partial charge in [0.2, 0.25) is 0 Å². The zero-order valence-corrected chi connectivity index (χ0v) is 11.6. The number of hydrogen-bond acceptors (Lipinski definition) is 6. The first-order valence-corrected chi connectivity index (χ1v) is 7.70. The van der Waals surface area contributed by atoms with Crippen molar-refractivity contribution in [1.82, 2.24) is 9.84 Å². The number of non-ortho nitro benzene ring substituents is 1. The average Bonchev–Trinajstić information content (AvgIpc) is 2.38. The Labute approximate surface area is 116 Å². The van der Waals surface area contributed by atoms with Gasteiger partial charge in [0, 0.05) is 25.2 Å². The number of nitrogens with zero attached hydrogens (tertiary/aromatic N) is 2. The van der Waals surface area contributed by atoms with Gasteiger partial charge in [-0.05, 0) is 18.9 Å². The molecule has 2 rings (SSSR count). The van der Waals surface area contributed by atoms with Gasteiger partial charge in [-0.25, -0.2) is 13.4 Å². The maximum absolute atomic E-state index is 12.2. The van der Waals surface area contributed by atoms with Crippen molar-refractivity contribution in [2.24, 2.45) is 0 Å². The SMILES string of the molecule is Nc1cc([N+](=O)[O-])ccc1S(=O)(=O)NN1CCCCC1. The van der Waals surface area contributed by atoms with E-state index in [4.69, 9.17) is 5.73 Å². The number of anilines is 1. The van der Waals surface area contributed by atoms with Crippen LogP contribution in [0.3, 0.4) is 0 Å². The molecule has 0 unspecified atom stereocenters. The Kier molecular flexibility index (Phi) is 4.21. The van der Waals surface area contributed by atoms with Crippen LogP contribution >= 0.6 is 0 Å². The van der Waals surface area contributed by atoms with Crippen LogP contribution in [-0.4, -0.2) is 31.4 Å². The zero-order valence-electron chi connectivity index (χ0n) is 10.8. The number of hydrogen-bond donors (Lipinski definition) is 2. The van der Waals surface area contributed by atoms with E-state index < -0.39 is 14.9 Å². The van der Waals surface area contributed by atoms with Crippen LogP contribution < -0.4 is 10.6 Å². The van der Waals surface area contributed by atoms with Gasteiger partial charge in [0.1, 0.15) is 4.90 Å². The number of hydrazine groups is 1. The summed E-state index contributed by atoms with van der Waals surface area (Å²) in [5.74, 6) is 0. The molecule has 0 amide bonds. The second kappa shape index (κ2) is 5.73. The Hall–Kier alpha value is -1.71. The summed E-state index contributed by atoms with van der Waals surface area (Å²) >= 11 is 0. The summed E-state index contributed by atoms with van der Waals surface area (Å²) in [6, 6.07) is 3.33. The first-order chi connectivity index (χ1) is 9.40. The Bertz CT molecular complexity index is 611. The number of nitrogen functional groups attached to an aromatic ring is 1. The molecule has 9 heteroatoms. The minimum atomic E-state index is -3.80. The molecule has 1 aliphatic heterocycles. The van der Waals surface area contributed by atoms with Crippen LogP contribution in [0.5, 0.6) is 0 Å². The van der Waals surface area contributed by atoms with E-state index in [1.807, 2.05) is 0 Å². The molecule has 0 aromatic heterocycles. The molecule has 1 heterocycles. The first kappa shape index (κ1) is 14.7. The number of benzene rings is 1. The average molecular weight is 300 g/mol. The standard InChI is InChI=1S/C11H16N4O4S/c12-10-8-9(15(16)17)4-5-11(10)20(18,19)13-14-6-2-1-3-7-14/h4-5,8,13H,1-3,6-7,12H2. The highest BCUT2D eigenvalue weighted by Crippen LogP contribution is 2.24. The van der Waals surface area contributed by atoms with E-state index in [-0.39, 0.29) is 16.3 Å².